The van der Waals surface area contributed by atoms with Gasteiger partial charge in [0, 0.05) is 17.3 Å². The maximum absolute atomic E-state index is 4.40. The van der Waals surface area contributed by atoms with Crippen molar-refractivity contribution in [2.45, 2.75) is 13.5 Å². The van der Waals surface area contributed by atoms with Crippen molar-refractivity contribution in [2.75, 3.05) is 5.32 Å². The van der Waals surface area contributed by atoms with E-state index >= 15 is 0 Å². The molecular weight excluding hydrogens is 314 g/mol. The standard InChI is InChI=1S/C11H10BrN5S/c1-7-5-13-9(18-7)6-14-11-15-10-8(12)3-2-4-17(10)16-11/h2-5H,6H2,1H3,(H,14,16). The van der Waals surface area contributed by atoms with Crippen molar-refractivity contribution >= 4 is 38.9 Å². The Morgan fingerprint density at radius 3 is 3.11 bits per heavy atom. The summed E-state index contributed by atoms with van der Waals surface area (Å²) in [5, 5.41) is 8.54. The summed E-state index contributed by atoms with van der Waals surface area (Å²) < 4.78 is 2.66. The molecule has 3 heterocycles. The minimum Gasteiger partial charge on any atom is -0.346 e. The molecule has 0 radical (unpaired) electrons. The minimum absolute atomic E-state index is 0.606. The van der Waals surface area contributed by atoms with Gasteiger partial charge in [0.25, 0.3) is 0 Å². The van der Waals surface area contributed by atoms with E-state index < -0.39 is 0 Å². The Hall–Kier alpha value is -1.47. The zero-order valence-electron chi connectivity index (χ0n) is 9.59. The number of hydrogen-bond donors (Lipinski definition) is 1. The third-order valence-electron chi connectivity index (χ3n) is 2.38. The lowest BCUT2D eigenvalue weighted by molar-refractivity contribution is 0.946. The molecule has 18 heavy (non-hydrogen) atoms. The molecule has 0 spiro atoms. The SMILES string of the molecule is Cc1cnc(CNc2nc3c(Br)cccn3n2)s1. The molecule has 0 aliphatic heterocycles. The molecule has 0 fully saturated rings. The van der Waals surface area contributed by atoms with Gasteiger partial charge in [0.05, 0.1) is 11.0 Å². The number of nitrogens with zero attached hydrogens (tertiary/aromatic N) is 4. The van der Waals surface area contributed by atoms with Gasteiger partial charge < -0.3 is 5.32 Å². The van der Waals surface area contributed by atoms with Crippen LogP contribution in [0.2, 0.25) is 0 Å². The van der Waals surface area contributed by atoms with Crippen LogP contribution in [0, 0.1) is 6.92 Å². The Labute approximate surface area is 116 Å². The fourth-order valence-corrected chi connectivity index (χ4v) is 2.74. The zero-order chi connectivity index (χ0) is 12.5. The highest BCUT2D eigenvalue weighted by atomic mass is 79.9. The molecule has 3 aromatic rings. The van der Waals surface area contributed by atoms with Crippen LogP contribution in [-0.2, 0) is 6.54 Å². The summed E-state index contributed by atoms with van der Waals surface area (Å²) in [7, 11) is 0. The van der Waals surface area contributed by atoms with Crippen LogP contribution in [-0.4, -0.2) is 19.6 Å². The van der Waals surface area contributed by atoms with Crippen molar-refractivity contribution in [3.05, 3.63) is 38.9 Å². The molecule has 0 saturated heterocycles. The fourth-order valence-electron chi connectivity index (χ4n) is 1.59. The third kappa shape index (κ3) is 2.23. The maximum Gasteiger partial charge on any atom is 0.243 e. The van der Waals surface area contributed by atoms with Crippen molar-refractivity contribution in [3.63, 3.8) is 0 Å². The smallest absolute Gasteiger partial charge is 0.243 e. The van der Waals surface area contributed by atoms with Crippen LogP contribution in [0.4, 0.5) is 5.95 Å². The topological polar surface area (TPSA) is 55.1 Å². The minimum atomic E-state index is 0.606. The summed E-state index contributed by atoms with van der Waals surface area (Å²) in [5.41, 5.74) is 0.801. The Morgan fingerprint density at radius 1 is 1.50 bits per heavy atom. The van der Waals surface area contributed by atoms with E-state index in [-0.39, 0.29) is 0 Å². The molecule has 3 aromatic heterocycles. The van der Waals surface area contributed by atoms with Crippen LogP contribution >= 0.6 is 27.3 Å². The molecular formula is C11H10BrN5S. The lowest BCUT2D eigenvalue weighted by Gasteiger charge is -1.96. The lowest BCUT2D eigenvalue weighted by Crippen LogP contribution is -2.00. The van der Waals surface area contributed by atoms with Crippen molar-refractivity contribution in [1.29, 1.82) is 0 Å². The van der Waals surface area contributed by atoms with Gasteiger partial charge in [-0.2, -0.15) is 4.98 Å². The summed E-state index contributed by atoms with van der Waals surface area (Å²) >= 11 is 5.12. The molecule has 5 nitrogen and oxygen atoms in total. The number of thiazole rings is 1. The first kappa shape index (κ1) is 11.6. The summed E-state index contributed by atoms with van der Waals surface area (Å²) in [6.45, 7) is 2.69. The molecule has 0 unspecified atom stereocenters. The molecule has 3 rings (SSSR count). The number of aryl methyl sites for hydroxylation is 1. The Kier molecular flexibility index (Phi) is 3.00. The van der Waals surface area contributed by atoms with Gasteiger partial charge in [-0.05, 0) is 35.0 Å². The van der Waals surface area contributed by atoms with E-state index in [1.165, 1.54) is 4.88 Å². The quantitative estimate of drug-likeness (QED) is 0.805. The van der Waals surface area contributed by atoms with Crippen LogP contribution in [0.3, 0.4) is 0 Å². The van der Waals surface area contributed by atoms with Gasteiger partial charge in [0.1, 0.15) is 5.01 Å². The normalized spacial score (nSPS) is 11.0. The first-order valence-corrected chi connectivity index (χ1v) is 6.99. The van der Waals surface area contributed by atoms with E-state index in [9.17, 15) is 0 Å². The first-order valence-electron chi connectivity index (χ1n) is 5.38. The predicted molar refractivity (Wildman–Crippen MR) is 74.9 cm³/mol. The second kappa shape index (κ2) is 4.66. The molecule has 92 valence electrons. The van der Waals surface area contributed by atoms with Crippen LogP contribution in [0.5, 0.6) is 0 Å². The summed E-state index contributed by atoms with van der Waals surface area (Å²) in [4.78, 5) is 9.90. The van der Waals surface area contributed by atoms with Gasteiger partial charge in [0.2, 0.25) is 5.95 Å². The second-order valence-corrected chi connectivity index (χ2v) is 5.95. The molecule has 0 aromatic carbocycles. The molecule has 0 saturated carbocycles. The van der Waals surface area contributed by atoms with E-state index in [0.29, 0.717) is 12.5 Å². The highest BCUT2D eigenvalue weighted by molar-refractivity contribution is 9.10. The zero-order valence-corrected chi connectivity index (χ0v) is 12.0. The Morgan fingerprint density at radius 2 is 2.39 bits per heavy atom. The van der Waals surface area contributed by atoms with Crippen molar-refractivity contribution in [2.24, 2.45) is 0 Å². The maximum atomic E-state index is 4.40. The van der Waals surface area contributed by atoms with Gasteiger partial charge in [-0.25, -0.2) is 9.50 Å². The van der Waals surface area contributed by atoms with Crippen molar-refractivity contribution in [1.82, 2.24) is 19.6 Å². The molecule has 0 bridgehead atoms. The number of anilines is 1. The van der Waals surface area contributed by atoms with Crippen molar-refractivity contribution < 1.29 is 0 Å². The predicted octanol–water partition coefficient (Wildman–Crippen LogP) is 2.87. The van der Waals surface area contributed by atoms with Crippen LogP contribution in [0.15, 0.2) is 29.0 Å². The van der Waals surface area contributed by atoms with E-state index in [1.807, 2.05) is 31.5 Å². The monoisotopic (exact) mass is 323 g/mol. The van der Waals surface area contributed by atoms with Crippen LogP contribution in [0.1, 0.15) is 9.88 Å². The molecule has 0 atom stereocenters. The molecule has 0 amide bonds. The average molecular weight is 324 g/mol. The number of nitrogens with one attached hydrogen (secondary N) is 1. The Bertz CT molecular complexity index is 690. The van der Waals surface area contributed by atoms with Gasteiger partial charge in [-0.1, -0.05) is 0 Å². The number of halogens is 1. The van der Waals surface area contributed by atoms with Crippen LogP contribution < -0.4 is 5.32 Å². The van der Waals surface area contributed by atoms with E-state index in [1.54, 1.807) is 15.9 Å². The molecule has 1 N–H and O–H groups in total. The first-order chi connectivity index (χ1) is 8.72. The summed E-state index contributed by atoms with van der Waals surface area (Å²) in [5.74, 6) is 0.606. The summed E-state index contributed by atoms with van der Waals surface area (Å²) in [6, 6.07) is 3.86. The van der Waals surface area contributed by atoms with Crippen LogP contribution in [0.25, 0.3) is 5.65 Å². The second-order valence-electron chi connectivity index (χ2n) is 3.78. The molecule has 7 heteroatoms. The van der Waals surface area contributed by atoms with E-state index in [4.69, 9.17) is 0 Å². The lowest BCUT2D eigenvalue weighted by atomic mass is 10.5. The number of aromatic nitrogens is 4. The van der Waals surface area contributed by atoms with Crippen molar-refractivity contribution in [3.8, 4) is 0 Å². The van der Waals surface area contributed by atoms with Gasteiger partial charge in [-0.3, -0.25) is 0 Å². The number of fused-ring (bicyclic) bond motifs is 1. The number of pyridine rings is 1. The Balaban J connectivity index is 1.81. The van der Waals surface area contributed by atoms with Gasteiger partial charge in [-0.15, -0.1) is 16.4 Å². The van der Waals surface area contributed by atoms with E-state index in [0.717, 1.165) is 15.1 Å². The summed E-state index contributed by atoms with van der Waals surface area (Å²) in [6.07, 6.45) is 3.74. The molecule has 0 aliphatic carbocycles. The van der Waals surface area contributed by atoms with E-state index in [2.05, 4.69) is 36.3 Å². The molecule has 0 aliphatic rings. The number of rotatable bonds is 3. The number of hydrogen-bond acceptors (Lipinski definition) is 5. The highest BCUT2D eigenvalue weighted by Crippen LogP contribution is 2.17. The van der Waals surface area contributed by atoms with Gasteiger partial charge in [0.15, 0.2) is 5.65 Å². The fraction of sp³-hybridized carbons (Fsp3) is 0.182. The average Bonchev–Trinajstić information content (AvgIpc) is 2.93. The van der Waals surface area contributed by atoms with Gasteiger partial charge >= 0.3 is 0 Å². The highest BCUT2D eigenvalue weighted by Gasteiger charge is 2.06. The largest absolute Gasteiger partial charge is 0.346 e. The third-order valence-corrected chi connectivity index (χ3v) is 3.91.